The van der Waals surface area contributed by atoms with Crippen LogP contribution in [0.5, 0.6) is 0 Å². The van der Waals surface area contributed by atoms with Gasteiger partial charge in [0.25, 0.3) is 0 Å². The highest BCUT2D eigenvalue weighted by Crippen LogP contribution is 2.62. The van der Waals surface area contributed by atoms with Crippen LogP contribution in [0.2, 0.25) is 0 Å². The number of carboxylic acid groups (broad SMARTS) is 1. The molecule has 6 unspecified atom stereocenters. The zero-order valence-corrected chi connectivity index (χ0v) is 74.3. The standard InChI is InChI=1S/C26H29NO2.C20H17NO2.C18H13NO2.C12H19NO2.C8H18O.C8H16.C6H7NO2.C4H8O.3CH4.B/c1-17(14-25(2,3)4)16-29-24(28)26(27-5)15-22-18-10-6-8-12-20(18)23(26)21-13-9-7-11-19(21)22;1-3-23-19(22)20(21-2)12-17-13-8-4-6-10-15(13)18(20)16-11-7-5-9-14(16)17;1-19-18(17(20)21)10-15-11-6-2-4-8-13(11)16(18)14-9-5-3-7-12(14)15;1-9(6-12(3,4)5)8-15-11(14)10(2)7-13;1-7(6-9)5-8(2,3)4;1-7(2)6-8(3,4)5;1-3-9-6(8)5(2)4-7;1-2-4-5-3-1;;;;/h6-13,17,22-23H,14-16H2,1-4H3;4-11,17-18H,3,12H2,1H3;2-9,15-16H,10H2,(H,20,21);9H,2,6,8H2,1,3-5H3;7,9H,5-6H2,1-4H3;1,6H2,2-5H3;2-3H2,1H3;1-4H2;3*1H4;. The third-order valence-electron chi connectivity index (χ3n) is 21.9. The molecule has 6 bridgehead atoms. The summed E-state index contributed by atoms with van der Waals surface area (Å²) in [7, 11) is 0. The Morgan fingerprint density at radius 2 is 0.715 bits per heavy atom. The number of aliphatic hydroxyl groups excluding tert-OH is 1. The summed E-state index contributed by atoms with van der Waals surface area (Å²) in [6.07, 6.45) is 8.11. The maximum Gasteiger partial charge on any atom is 0.394 e. The van der Waals surface area contributed by atoms with Crippen molar-refractivity contribution in [2.24, 2.45) is 39.4 Å². The second-order valence-corrected chi connectivity index (χ2v) is 37.4. The van der Waals surface area contributed by atoms with Crippen molar-refractivity contribution in [3.05, 3.63) is 283 Å². The van der Waals surface area contributed by atoms with Crippen molar-refractivity contribution in [1.29, 1.82) is 10.5 Å². The molecule has 123 heavy (non-hydrogen) atoms. The molecule has 10 aliphatic rings. The molecule has 9 aliphatic carbocycles. The first-order valence-electron chi connectivity index (χ1n) is 41.7. The number of fused-ring (bicyclic) bond motifs is 3. The summed E-state index contributed by atoms with van der Waals surface area (Å²) in [5.41, 5.74) is 12.3. The highest BCUT2D eigenvalue weighted by atomic mass is 16.5. The maximum atomic E-state index is 13.4. The van der Waals surface area contributed by atoms with Crippen molar-refractivity contribution in [3.63, 3.8) is 0 Å². The van der Waals surface area contributed by atoms with Gasteiger partial charge in [0.1, 0.15) is 23.3 Å². The monoisotopic (exact) mass is 1670 g/mol. The van der Waals surface area contributed by atoms with E-state index < -0.39 is 34.5 Å². The summed E-state index contributed by atoms with van der Waals surface area (Å²) in [5.74, 6) is -2.69. The van der Waals surface area contributed by atoms with Crippen molar-refractivity contribution < 1.29 is 57.9 Å². The molecule has 6 atom stereocenters. The summed E-state index contributed by atoms with van der Waals surface area (Å²) in [6, 6.07) is 52.2. The number of hydrogen-bond acceptors (Lipinski definition) is 13. The van der Waals surface area contributed by atoms with E-state index in [1.165, 1.54) is 51.8 Å². The molecular weight excluding hydrogens is 1530 g/mol. The number of esters is 4. The van der Waals surface area contributed by atoms with Crippen molar-refractivity contribution >= 4 is 38.3 Å². The minimum atomic E-state index is -1.37. The lowest BCUT2D eigenvalue weighted by atomic mass is 9.56. The number of benzene rings is 6. The Bertz CT molecular complexity index is 4630. The fourth-order valence-electron chi connectivity index (χ4n) is 18.1. The Morgan fingerprint density at radius 1 is 0.455 bits per heavy atom. The lowest BCUT2D eigenvalue weighted by molar-refractivity contribution is -0.151. The molecule has 6 aromatic rings. The predicted octanol–water partition coefficient (Wildman–Crippen LogP) is 23.9. The Labute approximate surface area is 740 Å². The van der Waals surface area contributed by atoms with Crippen molar-refractivity contribution in [3.8, 4) is 12.1 Å². The summed E-state index contributed by atoms with van der Waals surface area (Å²) in [6.45, 7) is 75.3. The van der Waals surface area contributed by atoms with Gasteiger partial charge in [-0.05, 0) is 165 Å². The maximum absolute atomic E-state index is 13.4. The van der Waals surface area contributed by atoms with Gasteiger partial charge >= 0.3 is 46.5 Å². The summed E-state index contributed by atoms with van der Waals surface area (Å²) >= 11 is 0. The highest BCUT2D eigenvalue weighted by Gasteiger charge is 2.66. The normalized spacial score (nSPS) is 20.8. The molecule has 3 radical (unpaired) electrons. The van der Waals surface area contributed by atoms with Crippen LogP contribution in [0.1, 0.15) is 307 Å². The van der Waals surface area contributed by atoms with Gasteiger partial charge in [-0.25, -0.2) is 43.7 Å². The molecule has 659 valence electrons. The fourth-order valence-corrected chi connectivity index (χ4v) is 18.1. The van der Waals surface area contributed by atoms with E-state index in [-0.39, 0.29) is 113 Å². The number of hydrogen-bond donors (Lipinski definition) is 2. The van der Waals surface area contributed by atoms with Crippen LogP contribution < -0.4 is 0 Å². The van der Waals surface area contributed by atoms with Crippen LogP contribution in [0.25, 0.3) is 14.5 Å². The molecule has 2 N–H and O–H groups in total. The second kappa shape index (κ2) is 47.8. The van der Waals surface area contributed by atoms with E-state index in [9.17, 15) is 29.1 Å². The first kappa shape index (κ1) is 108. The van der Waals surface area contributed by atoms with Crippen LogP contribution >= 0.6 is 0 Å². The van der Waals surface area contributed by atoms with E-state index in [2.05, 4.69) is 204 Å². The first-order chi connectivity index (χ1) is 56.0. The quantitative estimate of drug-likeness (QED) is 0.0175. The van der Waals surface area contributed by atoms with E-state index in [1.807, 2.05) is 91.9 Å². The molecule has 17 nitrogen and oxygen atoms in total. The third kappa shape index (κ3) is 27.9. The van der Waals surface area contributed by atoms with E-state index >= 15 is 0 Å². The van der Waals surface area contributed by atoms with E-state index in [0.717, 1.165) is 72.3 Å². The number of carboxylic acids is 1. The molecule has 0 spiro atoms. The largest absolute Gasteiger partial charge is 0.475 e. The minimum Gasteiger partial charge on any atom is -0.475 e. The number of nitrogens with zero attached hydrogens (tertiary/aromatic N) is 5. The lowest BCUT2D eigenvalue weighted by Gasteiger charge is -2.45. The number of aliphatic carboxylic acids is 1. The summed E-state index contributed by atoms with van der Waals surface area (Å²) in [5, 5.41) is 34.9. The number of nitriles is 2. The molecule has 0 amide bonds. The number of rotatable bonds is 16. The van der Waals surface area contributed by atoms with Crippen LogP contribution in [-0.4, -0.2) is 111 Å². The molecule has 1 aliphatic heterocycles. The second-order valence-electron chi connectivity index (χ2n) is 37.4. The van der Waals surface area contributed by atoms with E-state index in [0.29, 0.717) is 68.4 Å². The number of allylic oxidation sites excluding steroid dienone is 1. The summed E-state index contributed by atoms with van der Waals surface area (Å²) < 4.78 is 25.4. The lowest BCUT2D eigenvalue weighted by Crippen LogP contribution is -2.51. The van der Waals surface area contributed by atoms with Gasteiger partial charge in [-0.2, -0.15) is 10.5 Å². The highest BCUT2D eigenvalue weighted by molar-refractivity contribution is 5.93. The molecule has 0 saturated carbocycles. The number of ether oxygens (including phenoxy) is 5. The molecule has 1 heterocycles. The van der Waals surface area contributed by atoms with Crippen LogP contribution in [0.3, 0.4) is 0 Å². The summed E-state index contributed by atoms with van der Waals surface area (Å²) in [4.78, 5) is 71.0. The first-order valence-corrected chi connectivity index (χ1v) is 41.7. The average molecular weight is 1670 g/mol. The van der Waals surface area contributed by atoms with Gasteiger partial charge in [-0.1, -0.05) is 290 Å². The van der Waals surface area contributed by atoms with Crippen LogP contribution in [0.4, 0.5) is 0 Å². The van der Waals surface area contributed by atoms with Crippen molar-refractivity contribution in [2.45, 2.75) is 257 Å². The van der Waals surface area contributed by atoms with Gasteiger partial charge in [0.2, 0.25) is 0 Å². The smallest absolute Gasteiger partial charge is 0.394 e. The van der Waals surface area contributed by atoms with Gasteiger partial charge in [-0.15, -0.1) is 6.58 Å². The number of aliphatic hydroxyl groups is 1. The van der Waals surface area contributed by atoms with Gasteiger partial charge in [0.05, 0.1) is 44.2 Å². The van der Waals surface area contributed by atoms with Crippen LogP contribution in [-0.2, 0) is 47.7 Å². The number of carbonyl (C=O) groups is 5. The zero-order chi connectivity index (χ0) is 88.6. The molecule has 6 aromatic carbocycles. The van der Waals surface area contributed by atoms with Gasteiger partial charge in [0.15, 0.2) is 0 Å². The zero-order valence-electron chi connectivity index (χ0n) is 74.3. The van der Waals surface area contributed by atoms with Crippen molar-refractivity contribution in [2.75, 3.05) is 46.2 Å². The van der Waals surface area contributed by atoms with Crippen LogP contribution in [0.15, 0.2) is 182 Å². The Hall–Kier alpha value is -10.7. The molecular formula is C105H139BN5O12. The Morgan fingerprint density at radius 3 is 0.935 bits per heavy atom. The van der Waals surface area contributed by atoms with Gasteiger partial charge < -0.3 is 33.9 Å². The fraction of sp³-hybridized carbons (Fsp3) is 0.505. The molecule has 16 rings (SSSR count). The van der Waals surface area contributed by atoms with Gasteiger partial charge in [-0.3, -0.25) is 14.5 Å². The minimum absolute atomic E-state index is 0. The third-order valence-corrected chi connectivity index (χ3v) is 21.9. The molecule has 1 saturated heterocycles. The van der Waals surface area contributed by atoms with Gasteiger partial charge in [0, 0.05) is 65.2 Å². The molecule has 0 aromatic heterocycles. The SMILES string of the molecule is C.C.C.C1CCOC1.C=C(C#N)C(=O)OCC.C=C(C#N)C(=O)OCC(C)CC(C)(C)C.C=C(C)CC(C)(C)C.CC(CO)CC(C)(C)C.[B].[C-]#[N+]C1(C(=O)O)CC2c3ccccc3C1c1ccccc12.[C-]#[N+]C1(C(=O)OCC(C)CC(C)(C)C)CC2c3ccccc3C1c1ccccc12.[C-]#[N+]C1(C(=O)OCC)CC2c3ccccc3C1c1ccccc12. The van der Waals surface area contributed by atoms with Crippen LogP contribution in [0, 0.1) is 81.8 Å². The van der Waals surface area contributed by atoms with E-state index in [1.54, 1.807) is 26.0 Å². The topological polar surface area (TPSA) is 233 Å². The Kier molecular flexibility index (Phi) is 42.1. The van der Waals surface area contributed by atoms with E-state index in [4.69, 9.17) is 54.3 Å². The molecule has 18 heteroatoms. The number of carbonyl (C=O) groups excluding carboxylic acids is 4. The Balaban J connectivity index is 0.000000500. The molecule has 1 fully saturated rings. The predicted molar refractivity (Wildman–Crippen MR) is 496 cm³/mol. The average Bonchev–Trinajstić information content (AvgIpc) is 0.794. The van der Waals surface area contributed by atoms with Crippen molar-refractivity contribution in [1.82, 2.24) is 0 Å².